The number of fused-ring (bicyclic) bond motifs is 1. The van der Waals surface area contributed by atoms with Gasteiger partial charge in [-0.2, -0.15) is 9.97 Å². The fraction of sp³-hybridized carbons (Fsp3) is 0.222. The van der Waals surface area contributed by atoms with E-state index in [4.69, 9.17) is 8.94 Å². The van der Waals surface area contributed by atoms with E-state index in [1.54, 1.807) is 30.7 Å². The van der Waals surface area contributed by atoms with Gasteiger partial charge in [-0.05, 0) is 30.7 Å². The van der Waals surface area contributed by atoms with Crippen LogP contribution in [0.2, 0.25) is 0 Å². The predicted octanol–water partition coefficient (Wildman–Crippen LogP) is 2.31. The van der Waals surface area contributed by atoms with Crippen molar-refractivity contribution in [2.24, 2.45) is 0 Å². The fourth-order valence-electron chi connectivity index (χ4n) is 2.52. The number of rotatable bonds is 7. The Hall–Kier alpha value is -3.62. The highest BCUT2D eigenvalue weighted by Crippen LogP contribution is 2.15. The monoisotopic (exact) mass is 364 g/mol. The van der Waals surface area contributed by atoms with Crippen molar-refractivity contribution < 1.29 is 13.7 Å². The number of carbonyl (C=O) groups excluding carboxylic acids is 1. The molecule has 0 unspecified atom stereocenters. The number of carbonyl (C=O) groups is 1. The summed E-state index contributed by atoms with van der Waals surface area (Å²) in [6, 6.07) is 7.22. The van der Waals surface area contributed by atoms with E-state index in [-0.39, 0.29) is 12.5 Å². The van der Waals surface area contributed by atoms with E-state index in [1.165, 1.54) is 0 Å². The van der Waals surface area contributed by atoms with E-state index < -0.39 is 0 Å². The lowest BCUT2D eigenvalue weighted by molar-refractivity contribution is -0.121. The molecule has 1 N–H and O–H groups in total. The van der Waals surface area contributed by atoms with E-state index in [0.717, 1.165) is 5.56 Å². The number of amides is 1. The molecule has 0 aliphatic carbocycles. The van der Waals surface area contributed by atoms with E-state index >= 15 is 0 Å². The molecule has 27 heavy (non-hydrogen) atoms. The van der Waals surface area contributed by atoms with E-state index in [9.17, 15) is 4.79 Å². The lowest BCUT2D eigenvalue weighted by atomic mass is 10.2. The summed E-state index contributed by atoms with van der Waals surface area (Å²) in [6.45, 7) is 0.223. The molecule has 0 aliphatic heterocycles. The largest absolute Gasteiger partial charge is 0.437 e. The number of oxazole rings is 1. The highest BCUT2D eigenvalue weighted by atomic mass is 16.5. The van der Waals surface area contributed by atoms with Crippen molar-refractivity contribution in [3.63, 3.8) is 0 Å². The van der Waals surface area contributed by atoms with Crippen molar-refractivity contribution in [2.45, 2.75) is 25.8 Å². The smallest absolute Gasteiger partial charge is 0.226 e. The molecule has 0 fully saturated rings. The number of hydrogen-bond donors (Lipinski definition) is 1. The Bertz CT molecular complexity index is 1010. The van der Waals surface area contributed by atoms with E-state index in [1.807, 2.05) is 12.1 Å². The van der Waals surface area contributed by atoms with Gasteiger partial charge in [0.2, 0.25) is 23.5 Å². The van der Waals surface area contributed by atoms with E-state index in [2.05, 4.69) is 30.4 Å². The molecule has 0 atom stereocenters. The molecular weight excluding hydrogens is 348 g/mol. The zero-order valence-corrected chi connectivity index (χ0v) is 14.3. The van der Waals surface area contributed by atoms with Crippen LogP contribution in [-0.4, -0.2) is 31.0 Å². The molecule has 0 aliphatic rings. The van der Waals surface area contributed by atoms with Crippen LogP contribution in [-0.2, 0) is 17.8 Å². The first-order chi connectivity index (χ1) is 13.3. The third kappa shape index (κ3) is 4.14. The third-order valence-electron chi connectivity index (χ3n) is 3.83. The normalized spacial score (nSPS) is 11.0. The highest BCUT2D eigenvalue weighted by molar-refractivity contribution is 5.75. The Morgan fingerprint density at radius 3 is 2.89 bits per heavy atom. The molecule has 0 saturated carbocycles. The molecule has 136 valence electrons. The molecule has 0 bridgehead atoms. The number of aromatic nitrogens is 5. The van der Waals surface area contributed by atoms with Gasteiger partial charge in [0.05, 0.1) is 6.54 Å². The van der Waals surface area contributed by atoms with Crippen LogP contribution < -0.4 is 5.32 Å². The highest BCUT2D eigenvalue weighted by Gasteiger charge is 2.11. The Balaban J connectivity index is 1.23. The molecule has 4 aromatic rings. The van der Waals surface area contributed by atoms with Gasteiger partial charge in [-0.1, -0.05) is 5.16 Å². The van der Waals surface area contributed by atoms with Crippen LogP contribution in [0.4, 0.5) is 0 Å². The molecule has 4 heterocycles. The summed E-state index contributed by atoms with van der Waals surface area (Å²) in [4.78, 5) is 28.6. The van der Waals surface area contributed by atoms with Crippen LogP contribution in [0.25, 0.3) is 22.6 Å². The Morgan fingerprint density at radius 1 is 1.11 bits per heavy atom. The first kappa shape index (κ1) is 16.8. The standard InChI is InChI=1S/C18H16N6O3/c25-14(21-11-16-23-18-13(26-16)5-3-9-20-18)6-1-7-15-22-17(24-27-15)12-4-2-8-19-10-12/h2-5,8-10H,1,6-7,11H2,(H,21,25). The Labute approximate surface area is 153 Å². The predicted molar refractivity (Wildman–Crippen MR) is 94.1 cm³/mol. The number of nitrogens with one attached hydrogen (secondary N) is 1. The lowest BCUT2D eigenvalue weighted by Gasteiger charge is -2.01. The van der Waals surface area contributed by atoms with Gasteiger partial charge in [0.25, 0.3) is 0 Å². The average molecular weight is 364 g/mol. The molecule has 0 aromatic carbocycles. The Kier molecular flexibility index (Phi) is 4.82. The van der Waals surface area contributed by atoms with Gasteiger partial charge in [0.15, 0.2) is 11.2 Å². The van der Waals surface area contributed by atoms with Crippen molar-refractivity contribution in [1.29, 1.82) is 0 Å². The average Bonchev–Trinajstić information content (AvgIpc) is 3.34. The SMILES string of the molecule is O=C(CCCc1nc(-c2cccnc2)no1)NCc1nc2ncccc2o1. The van der Waals surface area contributed by atoms with Crippen molar-refractivity contribution >= 4 is 17.1 Å². The van der Waals surface area contributed by atoms with Gasteiger partial charge in [0.1, 0.15) is 0 Å². The van der Waals surface area contributed by atoms with Crippen LogP contribution in [0.15, 0.2) is 51.8 Å². The van der Waals surface area contributed by atoms with Crippen LogP contribution in [0.5, 0.6) is 0 Å². The maximum Gasteiger partial charge on any atom is 0.226 e. The first-order valence-electron chi connectivity index (χ1n) is 8.48. The summed E-state index contributed by atoms with van der Waals surface area (Å²) in [6.07, 6.45) is 6.45. The molecule has 0 saturated heterocycles. The summed E-state index contributed by atoms with van der Waals surface area (Å²) < 4.78 is 10.7. The number of pyridine rings is 2. The second-order valence-electron chi connectivity index (χ2n) is 5.82. The number of aryl methyl sites for hydroxylation is 1. The maximum absolute atomic E-state index is 12.0. The van der Waals surface area contributed by atoms with Crippen LogP contribution in [0.1, 0.15) is 24.6 Å². The minimum Gasteiger partial charge on any atom is -0.437 e. The van der Waals surface area contributed by atoms with Gasteiger partial charge in [-0.15, -0.1) is 0 Å². The van der Waals surface area contributed by atoms with Crippen LogP contribution in [0, 0.1) is 0 Å². The van der Waals surface area contributed by atoms with Gasteiger partial charge >= 0.3 is 0 Å². The minimum absolute atomic E-state index is 0.0998. The first-order valence-corrected chi connectivity index (χ1v) is 8.48. The lowest BCUT2D eigenvalue weighted by Crippen LogP contribution is -2.22. The second-order valence-corrected chi connectivity index (χ2v) is 5.82. The van der Waals surface area contributed by atoms with Gasteiger partial charge in [-0.3, -0.25) is 9.78 Å². The van der Waals surface area contributed by atoms with Crippen molar-refractivity contribution in [3.05, 3.63) is 54.6 Å². The summed E-state index contributed by atoms with van der Waals surface area (Å²) in [5.74, 6) is 1.31. The molecule has 9 heteroatoms. The topological polar surface area (TPSA) is 120 Å². The number of nitrogens with zero attached hydrogens (tertiary/aromatic N) is 5. The summed E-state index contributed by atoms with van der Waals surface area (Å²) in [5, 5.41) is 6.71. The maximum atomic E-state index is 12.0. The van der Waals surface area contributed by atoms with E-state index in [0.29, 0.717) is 48.1 Å². The van der Waals surface area contributed by atoms with Crippen molar-refractivity contribution in [2.75, 3.05) is 0 Å². The fourth-order valence-corrected chi connectivity index (χ4v) is 2.52. The zero-order valence-electron chi connectivity index (χ0n) is 14.3. The van der Waals surface area contributed by atoms with Gasteiger partial charge < -0.3 is 14.3 Å². The van der Waals surface area contributed by atoms with Gasteiger partial charge in [0, 0.05) is 37.0 Å². The second kappa shape index (κ2) is 7.73. The number of hydrogen-bond acceptors (Lipinski definition) is 8. The molecule has 1 amide bonds. The molecular formula is C18H16N6O3. The molecule has 0 radical (unpaired) electrons. The third-order valence-corrected chi connectivity index (χ3v) is 3.83. The molecule has 0 spiro atoms. The van der Waals surface area contributed by atoms with Crippen LogP contribution in [0.3, 0.4) is 0 Å². The molecule has 4 aromatic heterocycles. The zero-order chi connectivity index (χ0) is 18.5. The van der Waals surface area contributed by atoms with Crippen molar-refractivity contribution in [1.82, 2.24) is 30.4 Å². The van der Waals surface area contributed by atoms with Gasteiger partial charge in [-0.25, -0.2) is 4.98 Å². The summed E-state index contributed by atoms with van der Waals surface area (Å²) in [7, 11) is 0. The van der Waals surface area contributed by atoms with Crippen LogP contribution >= 0.6 is 0 Å². The quantitative estimate of drug-likeness (QED) is 0.530. The van der Waals surface area contributed by atoms with Crippen molar-refractivity contribution in [3.8, 4) is 11.4 Å². The summed E-state index contributed by atoms with van der Waals surface area (Å²) in [5.41, 5.74) is 1.92. The molecule has 4 rings (SSSR count). The molecule has 9 nitrogen and oxygen atoms in total. The minimum atomic E-state index is -0.0998. The Morgan fingerprint density at radius 2 is 2.04 bits per heavy atom. The summed E-state index contributed by atoms with van der Waals surface area (Å²) >= 11 is 0.